The summed E-state index contributed by atoms with van der Waals surface area (Å²) in [6.07, 6.45) is 0. The van der Waals surface area contributed by atoms with Gasteiger partial charge in [-0.15, -0.1) is 0 Å². The van der Waals surface area contributed by atoms with Gasteiger partial charge in [-0.2, -0.15) is 0 Å². The van der Waals surface area contributed by atoms with Gasteiger partial charge < -0.3 is 19.7 Å². The highest BCUT2D eigenvalue weighted by Gasteiger charge is 2.27. The van der Waals surface area contributed by atoms with Gasteiger partial charge >= 0.3 is 0 Å². The summed E-state index contributed by atoms with van der Waals surface area (Å²) in [6, 6.07) is 14.5. The molecular formula is C25H34N2O4. The molecule has 6 nitrogen and oxygen atoms in total. The summed E-state index contributed by atoms with van der Waals surface area (Å²) in [4.78, 5) is 27.3. The number of nitrogens with zero attached hydrogens (tertiary/aromatic N) is 1. The number of benzene rings is 2. The second-order valence-corrected chi connectivity index (χ2v) is 8.19. The van der Waals surface area contributed by atoms with Crippen molar-refractivity contribution in [3.8, 4) is 11.5 Å². The molecule has 0 heterocycles. The Labute approximate surface area is 185 Å². The van der Waals surface area contributed by atoms with Crippen LogP contribution in [0.15, 0.2) is 48.5 Å². The smallest absolute Gasteiger partial charge is 0.261 e. The molecule has 0 unspecified atom stereocenters. The van der Waals surface area contributed by atoms with Crippen molar-refractivity contribution in [2.24, 2.45) is 0 Å². The Morgan fingerprint density at radius 2 is 1.61 bits per heavy atom. The van der Waals surface area contributed by atoms with Crippen molar-refractivity contribution in [1.29, 1.82) is 0 Å². The molecule has 2 aromatic rings. The highest BCUT2D eigenvalue weighted by Crippen LogP contribution is 2.26. The van der Waals surface area contributed by atoms with Gasteiger partial charge in [0.2, 0.25) is 5.91 Å². The van der Waals surface area contributed by atoms with Crippen molar-refractivity contribution < 1.29 is 19.1 Å². The molecule has 6 heteroatoms. The lowest BCUT2D eigenvalue weighted by Gasteiger charge is -2.29. The molecule has 0 saturated carbocycles. The van der Waals surface area contributed by atoms with E-state index < -0.39 is 6.04 Å². The van der Waals surface area contributed by atoms with E-state index in [9.17, 15) is 9.59 Å². The number of carbonyl (C=O) groups excluding carboxylic acids is 2. The molecule has 0 aliphatic heterocycles. The summed E-state index contributed by atoms with van der Waals surface area (Å²) in [6.45, 7) is 9.85. The molecule has 0 aliphatic rings. The van der Waals surface area contributed by atoms with E-state index in [1.807, 2.05) is 62.4 Å². The SMILES string of the molecule is COc1ccc(CN(C(=O)COc2ccccc2C(C)C)[C@H](C)C(=O)NC(C)C)cc1. The van der Waals surface area contributed by atoms with Gasteiger partial charge in [-0.1, -0.05) is 44.2 Å². The average molecular weight is 427 g/mol. The van der Waals surface area contributed by atoms with E-state index in [0.717, 1.165) is 16.9 Å². The molecule has 2 aromatic carbocycles. The first-order chi connectivity index (χ1) is 14.7. The molecule has 31 heavy (non-hydrogen) atoms. The molecular weight excluding hydrogens is 392 g/mol. The maximum atomic E-state index is 13.2. The molecule has 0 bridgehead atoms. The van der Waals surface area contributed by atoms with Gasteiger partial charge in [0.25, 0.3) is 5.91 Å². The third-order valence-corrected chi connectivity index (χ3v) is 5.00. The average Bonchev–Trinajstić information content (AvgIpc) is 2.75. The van der Waals surface area contributed by atoms with Crippen molar-refractivity contribution in [3.63, 3.8) is 0 Å². The summed E-state index contributed by atoms with van der Waals surface area (Å²) in [5, 5.41) is 2.89. The van der Waals surface area contributed by atoms with E-state index in [2.05, 4.69) is 19.2 Å². The number of amides is 2. The number of ether oxygens (including phenoxy) is 2. The van der Waals surface area contributed by atoms with Crippen LogP contribution in [-0.4, -0.2) is 42.5 Å². The topological polar surface area (TPSA) is 67.9 Å². The summed E-state index contributed by atoms with van der Waals surface area (Å²) >= 11 is 0. The van der Waals surface area contributed by atoms with Gasteiger partial charge in [0, 0.05) is 12.6 Å². The van der Waals surface area contributed by atoms with E-state index >= 15 is 0 Å². The predicted octanol–water partition coefficient (Wildman–Crippen LogP) is 4.14. The normalized spacial score (nSPS) is 11.9. The Morgan fingerprint density at radius 3 is 2.19 bits per heavy atom. The lowest BCUT2D eigenvalue weighted by atomic mass is 10.0. The molecule has 0 aliphatic carbocycles. The predicted molar refractivity (Wildman–Crippen MR) is 122 cm³/mol. The monoisotopic (exact) mass is 426 g/mol. The first-order valence-electron chi connectivity index (χ1n) is 10.7. The first kappa shape index (κ1) is 24.3. The van der Waals surface area contributed by atoms with Crippen LogP contribution in [0.3, 0.4) is 0 Å². The van der Waals surface area contributed by atoms with Gasteiger partial charge in [-0.3, -0.25) is 9.59 Å². The minimum absolute atomic E-state index is 0.0120. The maximum Gasteiger partial charge on any atom is 0.261 e. The second kappa shape index (κ2) is 11.4. The molecule has 0 fully saturated rings. The van der Waals surface area contributed by atoms with Crippen LogP contribution >= 0.6 is 0 Å². The number of hydrogen-bond donors (Lipinski definition) is 1. The second-order valence-electron chi connectivity index (χ2n) is 8.19. The van der Waals surface area contributed by atoms with Crippen molar-refractivity contribution in [2.75, 3.05) is 13.7 Å². The van der Waals surface area contributed by atoms with Crippen LogP contribution in [0.5, 0.6) is 11.5 Å². The number of para-hydroxylation sites is 1. The molecule has 0 aromatic heterocycles. The molecule has 2 amide bonds. The lowest BCUT2D eigenvalue weighted by Crippen LogP contribution is -2.50. The van der Waals surface area contributed by atoms with Crippen molar-refractivity contribution in [2.45, 2.75) is 59.2 Å². The van der Waals surface area contributed by atoms with Crippen LogP contribution in [0.1, 0.15) is 51.7 Å². The number of hydrogen-bond acceptors (Lipinski definition) is 4. The van der Waals surface area contributed by atoms with Gasteiger partial charge in [0.05, 0.1) is 7.11 Å². The third-order valence-electron chi connectivity index (χ3n) is 5.00. The zero-order valence-electron chi connectivity index (χ0n) is 19.3. The van der Waals surface area contributed by atoms with Crippen LogP contribution in [0.4, 0.5) is 0 Å². The summed E-state index contributed by atoms with van der Waals surface area (Å²) in [5.74, 6) is 1.26. The Hall–Kier alpha value is -3.02. The van der Waals surface area contributed by atoms with Crippen LogP contribution in [0.2, 0.25) is 0 Å². The highest BCUT2D eigenvalue weighted by molar-refractivity contribution is 5.88. The number of carbonyl (C=O) groups is 2. The van der Waals surface area contributed by atoms with E-state index in [1.54, 1.807) is 18.9 Å². The zero-order chi connectivity index (χ0) is 23.0. The fourth-order valence-electron chi connectivity index (χ4n) is 3.23. The van der Waals surface area contributed by atoms with Gasteiger partial charge in [-0.25, -0.2) is 0 Å². The molecule has 0 saturated heterocycles. The number of methoxy groups -OCH3 is 1. The number of rotatable bonds is 10. The van der Waals surface area contributed by atoms with E-state index in [-0.39, 0.29) is 30.4 Å². The fraction of sp³-hybridized carbons (Fsp3) is 0.440. The lowest BCUT2D eigenvalue weighted by molar-refractivity contribution is -0.142. The Kier molecular flexibility index (Phi) is 8.91. The van der Waals surface area contributed by atoms with Crippen LogP contribution < -0.4 is 14.8 Å². The van der Waals surface area contributed by atoms with E-state index in [4.69, 9.17) is 9.47 Å². The minimum Gasteiger partial charge on any atom is -0.497 e. The number of nitrogens with one attached hydrogen (secondary N) is 1. The highest BCUT2D eigenvalue weighted by atomic mass is 16.5. The molecule has 0 radical (unpaired) electrons. The van der Waals surface area contributed by atoms with Crippen molar-refractivity contribution in [1.82, 2.24) is 10.2 Å². The summed E-state index contributed by atoms with van der Waals surface area (Å²) in [5.41, 5.74) is 1.95. The molecule has 1 atom stereocenters. The Bertz CT molecular complexity index is 862. The molecule has 0 spiro atoms. The largest absolute Gasteiger partial charge is 0.497 e. The van der Waals surface area contributed by atoms with E-state index in [0.29, 0.717) is 12.3 Å². The fourth-order valence-corrected chi connectivity index (χ4v) is 3.23. The Balaban J connectivity index is 2.19. The Morgan fingerprint density at radius 1 is 0.968 bits per heavy atom. The van der Waals surface area contributed by atoms with Crippen molar-refractivity contribution in [3.05, 3.63) is 59.7 Å². The summed E-state index contributed by atoms with van der Waals surface area (Å²) in [7, 11) is 1.61. The van der Waals surface area contributed by atoms with Gasteiger partial charge in [0.15, 0.2) is 6.61 Å². The van der Waals surface area contributed by atoms with Gasteiger partial charge in [-0.05, 0) is 56.0 Å². The maximum absolute atomic E-state index is 13.2. The van der Waals surface area contributed by atoms with Crippen molar-refractivity contribution >= 4 is 11.8 Å². The standard InChI is InChI=1S/C25H34N2O4/c1-17(2)22-9-7-8-10-23(22)31-16-24(28)27(19(5)25(29)26-18(3)4)15-20-11-13-21(30-6)14-12-20/h7-14,17-19H,15-16H2,1-6H3,(H,26,29)/t19-/m1/s1. The molecule has 168 valence electrons. The first-order valence-corrected chi connectivity index (χ1v) is 10.7. The van der Waals surface area contributed by atoms with Crippen LogP contribution in [0, 0.1) is 0 Å². The van der Waals surface area contributed by atoms with E-state index in [1.165, 1.54) is 0 Å². The van der Waals surface area contributed by atoms with Crippen LogP contribution in [-0.2, 0) is 16.1 Å². The quantitative estimate of drug-likeness (QED) is 0.620. The summed E-state index contributed by atoms with van der Waals surface area (Å²) < 4.78 is 11.1. The molecule has 1 N–H and O–H groups in total. The minimum atomic E-state index is -0.638. The third kappa shape index (κ3) is 7.02. The van der Waals surface area contributed by atoms with Crippen LogP contribution in [0.25, 0.3) is 0 Å². The molecule has 2 rings (SSSR count). The zero-order valence-corrected chi connectivity index (χ0v) is 19.3. The van der Waals surface area contributed by atoms with Gasteiger partial charge in [0.1, 0.15) is 17.5 Å².